The van der Waals surface area contributed by atoms with Gasteiger partial charge < -0.3 is 4.89 Å². The molecule has 1 unspecified atom stereocenters. The van der Waals surface area contributed by atoms with Gasteiger partial charge in [-0.15, -0.1) is 11.3 Å². The molecule has 1 N–H and O–H groups in total. The van der Waals surface area contributed by atoms with Crippen LogP contribution in [0.3, 0.4) is 0 Å². The van der Waals surface area contributed by atoms with Gasteiger partial charge in [0.2, 0.25) is 0 Å². The van der Waals surface area contributed by atoms with Gasteiger partial charge in [-0.25, -0.2) is 4.98 Å². The molecule has 0 saturated heterocycles. The molecule has 0 radical (unpaired) electrons. The molecular formula is C13H14KNO2PS+. The third kappa shape index (κ3) is 3.30. The van der Waals surface area contributed by atoms with Gasteiger partial charge >= 0.3 is 51.4 Å². The minimum Gasteiger partial charge on any atom is -0.336 e. The molecule has 1 heterocycles. The van der Waals surface area contributed by atoms with E-state index >= 15 is 0 Å². The van der Waals surface area contributed by atoms with Gasteiger partial charge in [0.25, 0.3) is 7.37 Å². The van der Waals surface area contributed by atoms with Gasteiger partial charge in [-0.2, -0.15) is 0 Å². The number of nitrogens with zero attached hydrogens (tertiary/aromatic N) is 1. The van der Waals surface area contributed by atoms with Gasteiger partial charge in [-0.3, -0.25) is 4.57 Å². The summed E-state index contributed by atoms with van der Waals surface area (Å²) in [5, 5.41) is 0.469. The van der Waals surface area contributed by atoms with Crippen LogP contribution >= 0.6 is 18.7 Å². The van der Waals surface area contributed by atoms with Crippen LogP contribution in [-0.4, -0.2) is 9.88 Å². The molecule has 3 nitrogen and oxygen atoms in total. The van der Waals surface area contributed by atoms with E-state index in [1.165, 1.54) is 16.2 Å². The second kappa shape index (κ2) is 6.63. The van der Waals surface area contributed by atoms with Crippen molar-refractivity contribution in [1.82, 2.24) is 4.98 Å². The zero-order chi connectivity index (χ0) is 12.6. The molecule has 0 aliphatic heterocycles. The first-order valence-corrected chi connectivity index (χ1v) is 8.53. The zero-order valence-corrected chi connectivity index (χ0v) is 15.7. The van der Waals surface area contributed by atoms with Crippen LogP contribution in [0.25, 0.3) is 0 Å². The van der Waals surface area contributed by atoms with E-state index in [1.807, 2.05) is 6.07 Å². The summed E-state index contributed by atoms with van der Waals surface area (Å²) in [6.45, 7) is 0. The topological polar surface area (TPSA) is 50.2 Å². The minimum absolute atomic E-state index is 0. The van der Waals surface area contributed by atoms with E-state index in [1.54, 1.807) is 24.3 Å². The normalized spacial score (nSPS) is 17.1. The standard InChI is InChI=1S/C13H14NO2PS.K/c15-17(16,10-6-2-1-3-7-10)13-14-11-8-4-5-9-12(11)18-13;/h1-3,6-7H,4-5,8-9H2,(H,15,16);/q;+1. The SMILES string of the molecule is O=P(O)(c1ccccc1)c1nc2c(s1)CCCC2.[K+]. The molecule has 1 aromatic heterocycles. The van der Waals surface area contributed by atoms with Crippen LogP contribution in [0.2, 0.25) is 0 Å². The van der Waals surface area contributed by atoms with Crippen LogP contribution in [0.15, 0.2) is 30.3 Å². The molecule has 94 valence electrons. The van der Waals surface area contributed by atoms with Crippen molar-refractivity contribution in [3.63, 3.8) is 0 Å². The molecule has 1 aliphatic rings. The van der Waals surface area contributed by atoms with Crippen molar-refractivity contribution in [2.45, 2.75) is 25.7 Å². The van der Waals surface area contributed by atoms with E-state index in [0.717, 1.165) is 31.4 Å². The van der Waals surface area contributed by atoms with Crippen LogP contribution in [0.1, 0.15) is 23.4 Å². The molecule has 6 heteroatoms. The Morgan fingerprint density at radius 2 is 1.84 bits per heavy atom. The molecule has 0 bridgehead atoms. The second-order valence-corrected chi connectivity index (χ2v) is 7.96. The summed E-state index contributed by atoms with van der Waals surface area (Å²) < 4.78 is 12.9. The number of fused-ring (bicyclic) bond motifs is 1. The Labute approximate surface area is 159 Å². The third-order valence-corrected chi connectivity index (χ3v) is 6.79. The number of rotatable bonds is 2. The molecule has 2 aromatic rings. The average Bonchev–Trinajstić information content (AvgIpc) is 2.84. The molecule has 19 heavy (non-hydrogen) atoms. The molecule has 0 fully saturated rings. The summed E-state index contributed by atoms with van der Waals surface area (Å²) in [5.74, 6) is 0. The largest absolute Gasteiger partial charge is 1.00 e. The fraction of sp³-hybridized carbons (Fsp3) is 0.308. The molecule has 0 saturated carbocycles. The summed E-state index contributed by atoms with van der Waals surface area (Å²) in [7, 11) is -3.49. The van der Waals surface area contributed by atoms with Crippen LogP contribution < -0.4 is 61.4 Å². The summed E-state index contributed by atoms with van der Waals surface area (Å²) in [6, 6.07) is 8.80. The maximum Gasteiger partial charge on any atom is 1.00 e. The van der Waals surface area contributed by atoms with Crippen LogP contribution in [0.4, 0.5) is 0 Å². The smallest absolute Gasteiger partial charge is 0.336 e. The van der Waals surface area contributed by atoms with E-state index < -0.39 is 7.37 Å². The zero-order valence-electron chi connectivity index (χ0n) is 10.9. The Bertz CT molecular complexity index is 591. The minimum atomic E-state index is -3.49. The number of thiazole rings is 1. The number of hydrogen-bond acceptors (Lipinski definition) is 3. The van der Waals surface area contributed by atoms with E-state index in [9.17, 15) is 9.46 Å². The maximum atomic E-state index is 12.5. The maximum absolute atomic E-state index is 12.5. The molecule has 1 aliphatic carbocycles. The van der Waals surface area contributed by atoms with E-state index in [2.05, 4.69) is 4.98 Å². The van der Waals surface area contributed by atoms with Crippen molar-refractivity contribution >= 4 is 28.8 Å². The molecule has 1 atom stereocenters. The summed E-state index contributed by atoms with van der Waals surface area (Å²) >= 11 is 1.41. The molecular weight excluding hydrogens is 304 g/mol. The van der Waals surface area contributed by atoms with Gasteiger partial charge in [0.05, 0.1) is 5.69 Å². The van der Waals surface area contributed by atoms with Crippen LogP contribution in [-0.2, 0) is 17.4 Å². The van der Waals surface area contributed by atoms with E-state index in [0.29, 0.717) is 10.1 Å². The fourth-order valence-corrected chi connectivity index (χ4v) is 5.29. The van der Waals surface area contributed by atoms with Gasteiger partial charge in [-0.05, 0) is 37.8 Å². The average molecular weight is 318 g/mol. The summed E-state index contributed by atoms with van der Waals surface area (Å²) in [4.78, 5) is 15.9. The van der Waals surface area contributed by atoms with E-state index in [4.69, 9.17) is 0 Å². The number of hydrogen-bond donors (Lipinski definition) is 1. The number of aromatic nitrogens is 1. The Kier molecular flexibility index (Phi) is 5.60. The molecule has 3 rings (SSSR count). The van der Waals surface area contributed by atoms with Gasteiger partial charge in [0.15, 0.2) is 4.75 Å². The van der Waals surface area contributed by atoms with Crippen LogP contribution in [0.5, 0.6) is 0 Å². The Morgan fingerprint density at radius 3 is 2.53 bits per heavy atom. The van der Waals surface area contributed by atoms with Gasteiger partial charge in [-0.1, -0.05) is 18.2 Å². The third-order valence-electron chi connectivity index (χ3n) is 3.20. The predicted molar refractivity (Wildman–Crippen MR) is 74.3 cm³/mol. The first kappa shape index (κ1) is 16.1. The van der Waals surface area contributed by atoms with Gasteiger partial charge in [0, 0.05) is 10.2 Å². The Hall–Kier alpha value is 0.676. The fourth-order valence-electron chi connectivity index (χ4n) is 2.21. The van der Waals surface area contributed by atoms with Crippen LogP contribution in [0, 0.1) is 0 Å². The van der Waals surface area contributed by atoms with Crippen molar-refractivity contribution in [3.8, 4) is 0 Å². The Morgan fingerprint density at radius 1 is 1.16 bits per heavy atom. The van der Waals surface area contributed by atoms with Crippen molar-refractivity contribution < 1.29 is 60.8 Å². The predicted octanol–water partition coefficient (Wildman–Crippen LogP) is -0.753. The molecule has 0 spiro atoms. The van der Waals surface area contributed by atoms with Crippen molar-refractivity contribution in [1.29, 1.82) is 0 Å². The monoisotopic (exact) mass is 318 g/mol. The van der Waals surface area contributed by atoms with E-state index in [-0.39, 0.29) is 51.4 Å². The first-order chi connectivity index (χ1) is 8.68. The first-order valence-electron chi connectivity index (χ1n) is 6.05. The number of aryl methyl sites for hydroxylation is 2. The van der Waals surface area contributed by atoms with Crippen molar-refractivity contribution in [2.75, 3.05) is 0 Å². The summed E-state index contributed by atoms with van der Waals surface area (Å²) in [6.07, 6.45) is 4.25. The quantitative estimate of drug-likeness (QED) is 0.585. The molecule has 0 amide bonds. The van der Waals surface area contributed by atoms with Gasteiger partial charge in [0.1, 0.15) is 0 Å². The second-order valence-electron chi connectivity index (χ2n) is 4.48. The molecule has 1 aromatic carbocycles. The summed E-state index contributed by atoms with van der Waals surface area (Å²) in [5.41, 5.74) is 1.03. The van der Waals surface area contributed by atoms with Crippen molar-refractivity contribution in [3.05, 3.63) is 40.9 Å². The Balaban J connectivity index is 0.00000133. The van der Waals surface area contributed by atoms with Crippen molar-refractivity contribution in [2.24, 2.45) is 0 Å². The number of benzene rings is 1.